The fourth-order valence-corrected chi connectivity index (χ4v) is 8.49. The van der Waals surface area contributed by atoms with Gasteiger partial charge in [-0.05, 0) is 75.8 Å². The van der Waals surface area contributed by atoms with Crippen LogP contribution in [-0.2, 0) is 33.4 Å². The van der Waals surface area contributed by atoms with Crippen molar-refractivity contribution in [1.82, 2.24) is 10.2 Å². The van der Waals surface area contributed by atoms with Crippen LogP contribution in [0.15, 0.2) is 79.9 Å². The SMILES string of the molecule is C=CCCC(=O)N[C@@H](COC)[C@@H](OC(=O)[C@@H]1[C@H]2C(=O)N(CCCCO)[C@H](C(=O)N(CC=C)c3ccc(N(CC)CC)cc3)[C@]23CC[C@H]1O3)c1ccccc1. The van der Waals surface area contributed by atoms with Crippen LogP contribution in [0.5, 0.6) is 0 Å². The third kappa shape index (κ3) is 8.25. The molecule has 2 N–H and O–H groups in total. The number of anilines is 2. The van der Waals surface area contributed by atoms with E-state index in [0.29, 0.717) is 43.4 Å². The Balaban J connectivity index is 1.48. The molecule has 0 unspecified atom stereocenters. The van der Waals surface area contributed by atoms with E-state index in [0.717, 1.165) is 18.8 Å². The molecule has 292 valence electrons. The summed E-state index contributed by atoms with van der Waals surface area (Å²) in [6, 6.07) is 15.2. The zero-order valence-corrected chi connectivity index (χ0v) is 31.9. The van der Waals surface area contributed by atoms with Crippen molar-refractivity contribution >= 4 is 35.1 Å². The number of allylic oxidation sites excluding steroid dienone is 1. The summed E-state index contributed by atoms with van der Waals surface area (Å²) in [4.78, 5) is 62.4. The number of nitrogens with one attached hydrogen (secondary N) is 1. The average Bonchev–Trinajstić information content (AvgIpc) is 3.83. The maximum atomic E-state index is 14.9. The number of fused-ring (bicyclic) bond motifs is 1. The molecule has 0 radical (unpaired) electrons. The maximum Gasteiger partial charge on any atom is 0.313 e. The van der Waals surface area contributed by atoms with Gasteiger partial charge in [-0.25, -0.2) is 0 Å². The number of aliphatic hydroxyl groups is 1. The molecule has 2 bridgehead atoms. The Morgan fingerprint density at radius 3 is 2.39 bits per heavy atom. The zero-order chi connectivity index (χ0) is 38.8. The number of ether oxygens (including phenoxy) is 3. The first-order valence-electron chi connectivity index (χ1n) is 19.2. The minimum Gasteiger partial charge on any atom is -0.455 e. The van der Waals surface area contributed by atoms with E-state index in [9.17, 15) is 24.3 Å². The molecule has 0 aromatic heterocycles. The summed E-state index contributed by atoms with van der Waals surface area (Å²) in [6.45, 7) is 13.9. The lowest BCUT2D eigenvalue weighted by molar-refractivity contribution is -0.163. The Kier molecular flexibility index (Phi) is 14.1. The summed E-state index contributed by atoms with van der Waals surface area (Å²) in [6.07, 6.45) is 4.23. The minimum absolute atomic E-state index is 0.0577. The average molecular weight is 745 g/mol. The number of likely N-dealkylation sites (tertiary alicyclic amines) is 1. The number of amides is 3. The van der Waals surface area contributed by atoms with Gasteiger partial charge in [0.2, 0.25) is 11.8 Å². The Morgan fingerprint density at radius 2 is 1.76 bits per heavy atom. The van der Waals surface area contributed by atoms with Gasteiger partial charge in [0.1, 0.15) is 17.7 Å². The molecule has 0 saturated carbocycles. The molecule has 2 aromatic rings. The molecule has 12 nitrogen and oxygen atoms in total. The molecule has 5 rings (SSSR count). The number of benzene rings is 2. The van der Waals surface area contributed by atoms with Crippen molar-refractivity contribution in [3.8, 4) is 0 Å². The molecule has 3 fully saturated rings. The van der Waals surface area contributed by atoms with Crippen molar-refractivity contribution in [3.05, 3.63) is 85.5 Å². The summed E-state index contributed by atoms with van der Waals surface area (Å²) < 4.78 is 18.5. The summed E-state index contributed by atoms with van der Waals surface area (Å²) >= 11 is 0. The molecule has 3 aliphatic rings. The molecule has 0 aliphatic carbocycles. The molecule has 3 aliphatic heterocycles. The number of rotatable bonds is 21. The Hall–Kier alpha value is -4.52. The maximum absolute atomic E-state index is 14.9. The molecule has 7 atom stereocenters. The minimum atomic E-state index is -1.25. The number of nitrogens with zero attached hydrogens (tertiary/aromatic N) is 3. The number of hydrogen-bond donors (Lipinski definition) is 2. The number of carbonyl (C=O) groups is 4. The highest BCUT2D eigenvalue weighted by Crippen LogP contribution is 2.59. The second-order valence-corrected chi connectivity index (χ2v) is 14.2. The zero-order valence-electron chi connectivity index (χ0n) is 31.9. The highest BCUT2D eigenvalue weighted by atomic mass is 16.6. The van der Waals surface area contributed by atoms with Crippen LogP contribution in [0.2, 0.25) is 0 Å². The molecular formula is C42H56N4O8. The third-order valence-corrected chi connectivity index (χ3v) is 11.0. The normalized spacial score (nSPS) is 23.7. The molecule has 3 heterocycles. The van der Waals surface area contributed by atoms with Crippen molar-refractivity contribution in [1.29, 1.82) is 0 Å². The van der Waals surface area contributed by atoms with E-state index in [4.69, 9.17) is 14.2 Å². The smallest absolute Gasteiger partial charge is 0.313 e. The number of carbonyl (C=O) groups excluding carboxylic acids is 4. The van der Waals surface area contributed by atoms with Crippen LogP contribution < -0.4 is 15.1 Å². The number of hydrogen-bond acceptors (Lipinski definition) is 9. The van der Waals surface area contributed by atoms with E-state index in [1.165, 1.54) is 7.11 Å². The first kappa shape index (κ1) is 40.7. The first-order chi connectivity index (χ1) is 26.2. The second kappa shape index (κ2) is 18.7. The van der Waals surface area contributed by atoms with Crippen LogP contribution in [0.25, 0.3) is 0 Å². The lowest BCUT2D eigenvalue weighted by Crippen LogP contribution is -2.56. The first-order valence-corrected chi connectivity index (χ1v) is 19.2. The van der Waals surface area contributed by atoms with Crippen molar-refractivity contribution in [2.75, 3.05) is 56.3 Å². The number of methoxy groups -OCH3 is 1. The van der Waals surface area contributed by atoms with Crippen LogP contribution in [0.1, 0.15) is 64.0 Å². The Morgan fingerprint density at radius 1 is 1.06 bits per heavy atom. The van der Waals surface area contributed by atoms with Gasteiger partial charge < -0.3 is 39.3 Å². The van der Waals surface area contributed by atoms with Gasteiger partial charge in [0.25, 0.3) is 5.91 Å². The lowest BCUT2D eigenvalue weighted by Gasteiger charge is -2.37. The standard InChI is InChI=1S/C42H56N4O8/c1-6-10-18-34(48)43-32(28-52-5)37(29-16-12-11-13-17-29)53-41(51)35-33-23-24-42(54-33)36(35)39(49)46(26-14-15-27-47)38(42)40(50)45(25-7-2)31-21-19-30(20-22-31)44(8-3)9-4/h6-7,11-13,16-17,19-22,32-33,35-38,47H,1-2,8-10,14-15,18,23-28H2,3-5H3,(H,43,48)/t32-,33+,35-,36-,37-,38+,42-/m0/s1. The van der Waals surface area contributed by atoms with E-state index < -0.39 is 47.7 Å². The van der Waals surface area contributed by atoms with E-state index >= 15 is 0 Å². The van der Waals surface area contributed by atoms with E-state index in [-0.39, 0.29) is 50.4 Å². The van der Waals surface area contributed by atoms with Gasteiger partial charge in [0, 0.05) is 57.7 Å². The number of esters is 1. The predicted octanol–water partition coefficient (Wildman–Crippen LogP) is 4.58. The molecule has 12 heteroatoms. The summed E-state index contributed by atoms with van der Waals surface area (Å²) in [5, 5.41) is 12.6. The van der Waals surface area contributed by atoms with Crippen LogP contribution in [0, 0.1) is 11.8 Å². The predicted molar refractivity (Wildman–Crippen MR) is 207 cm³/mol. The third-order valence-electron chi connectivity index (χ3n) is 11.0. The topological polar surface area (TPSA) is 138 Å². The van der Waals surface area contributed by atoms with Crippen LogP contribution in [0.3, 0.4) is 0 Å². The fourth-order valence-electron chi connectivity index (χ4n) is 8.49. The van der Waals surface area contributed by atoms with E-state index in [1.807, 2.05) is 54.6 Å². The van der Waals surface area contributed by atoms with E-state index in [2.05, 4.69) is 37.2 Å². The monoisotopic (exact) mass is 744 g/mol. The summed E-state index contributed by atoms with van der Waals surface area (Å²) in [7, 11) is 1.51. The largest absolute Gasteiger partial charge is 0.455 e. The van der Waals surface area contributed by atoms with Gasteiger partial charge in [0.05, 0.1) is 30.6 Å². The molecular weight excluding hydrogens is 688 g/mol. The highest BCUT2D eigenvalue weighted by molar-refractivity contribution is 6.04. The Bertz CT molecular complexity index is 1620. The molecule has 2 aromatic carbocycles. The van der Waals surface area contributed by atoms with Crippen LogP contribution in [0.4, 0.5) is 11.4 Å². The van der Waals surface area contributed by atoms with Crippen molar-refractivity contribution in [3.63, 3.8) is 0 Å². The number of aliphatic hydroxyl groups excluding tert-OH is 1. The van der Waals surface area contributed by atoms with E-state index in [1.54, 1.807) is 22.0 Å². The summed E-state index contributed by atoms with van der Waals surface area (Å²) in [5.74, 6) is -3.46. The van der Waals surface area contributed by atoms with Gasteiger partial charge in [-0.3, -0.25) is 19.2 Å². The fraction of sp³-hybridized carbons (Fsp3) is 0.524. The number of unbranched alkanes of at least 4 members (excludes halogenated alkanes) is 1. The van der Waals surface area contributed by atoms with Crippen molar-refractivity contribution < 1.29 is 38.5 Å². The molecule has 54 heavy (non-hydrogen) atoms. The molecule has 1 spiro atoms. The van der Waals surface area contributed by atoms with Gasteiger partial charge in [-0.1, -0.05) is 42.5 Å². The Labute approximate surface area is 319 Å². The van der Waals surface area contributed by atoms with Crippen molar-refractivity contribution in [2.24, 2.45) is 11.8 Å². The van der Waals surface area contributed by atoms with Gasteiger partial charge in [-0.15, -0.1) is 13.2 Å². The van der Waals surface area contributed by atoms with Gasteiger partial charge >= 0.3 is 5.97 Å². The quantitative estimate of drug-likeness (QED) is 0.107. The molecule has 3 saturated heterocycles. The highest BCUT2D eigenvalue weighted by Gasteiger charge is 2.75. The summed E-state index contributed by atoms with van der Waals surface area (Å²) in [5.41, 5.74) is 1.09. The van der Waals surface area contributed by atoms with Crippen LogP contribution >= 0.6 is 0 Å². The van der Waals surface area contributed by atoms with Crippen molar-refractivity contribution in [2.45, 2.75) is 82.3 Å². The molecule has 3 amide bonds. The van der Waals surface area contributed by atoms with Crippen LogP contribution in [-0.4, -0.2) is 104 Å². The lowest BCUT2D eigenvalue weighted by atomic mass is 9.70. The second-order valence-electron chi connectivity index (χ2n) is 14.2. The van der Waals surface area contributed by atoms with Gasteiger partial charge in [-0.2, -0.15) is 0 Å². The van der Waals surface area contributed by atoms with Gasteiger partial charge in [0.15, 0.2) is 0 Å².